The summed E-state index contributed by atoms with van der Waals surface area (Å²) >= 11 is 0. The van der Waals surface area contributed by atoms with Crippen molar-refractivity contribution < 1.29 is 47.1 Å². The molecule has 0 aliphatic carbocycles. The van der Waals surface area contributed by atoms with E-state index in [0.717, 1.165) is 5.56 Å². The highest BCUT2D eigenvalue weighted by molar-refractivity contribution is 7.89. The third-order valence-electron chi connectivity index (χ3n) is 7.34. The molecule has 2 saturated heterocycles. The predicted octanol–water partition coefficient (Wildman–Crippen LogP) is 2.23. The summed E-state index contributed by atoms with van der Waals surface area (Å²) in [4.78, 5) is 13.0. The van der Waals surface area contributed by atoms with Crippen molar-refractivity contribution in [1.29, 1.82) is 0 Å². The first-order chi connectivity index (χ1) is 19.6. The average Bonchev–Trinajstić information content (AvgIpc) is 3.67. The molecule has 0 saturated carbocycles. The van der Waals surface area contributed by atoms with Gasteiger partial charge in [-0.15, -0.1) is 0 Å². The Kier molecular flexibility index (Phi) is 8.90. The van der Waals surface area contributed by atoms with Crippen LogP contribution >= 0.6 is 0 Å². The second-order valence-corrected chi connectivity index (χ2v) is 12.8. The van der Waals surface area contributed by atoms with Crippen LogP contribution in [0.5, 0.6) is 17.2 Å². The highest BCUT2D eigenvalue weighted by Crippen LogP contribution is 2.35. The summed E-state index contributed by atoms with van der Waals surface area (Å²) in [5.74, 6) is 0.750. The van der Waals surface area contributed by atoms with Gasteiger partial charge in [0.25, 0.3) is 0 Å². The molecule has 5 rings (SSSR count). The van der Waals surface area contributed by atoms with E-state index in [1.165, 1.54) is 34.6 Å². The van der Waals surface area contributed by atoms with E-state index in [4.69, 9.17) is 23.7 Å². The minimum absolute atomic E-state index is 0.00613. The molecule has 2 fully saturated rings. The zero-order valence-electron chi connectivity index (χ0n) is 23.0. The number of aliphatic hydroxyl groups excluding tert-OH is 1. The summed E-state index contributed by atoms with van der Waals surface area (Å²) in [7, 11) is -4.05. The fraction of sp³-hybridized carbons (Fsp3) is 0.536. The molecule has 3 heterocycles. The summed E-state index contributed by atoms with van der Waals surface area (Å²) in [5, 5.41) is 23.8. The number of phenols is 1. The number of rotatable bonds is 11. The standard InChI is InChI=1S/C28H36N2O10S/c1-17(2)13-30(41(34,35)20-7-8-24-25(12-20)39-16-38-24)14-23(32)22(11-18-3-5-19(31)6-4-18)29-28(33)40-26-15-37-27-21(26)9-10-36-27/h3-8,12,17,21-23,26-27,31-32H,9-11,13-16H2,1-2H3,(H,29,33)/t21-,22-,23+,26+,27+/m0/s1. The number of hydrogen-bond acceptors (Lipinski definition) is 10. The van der Waals surface area contributed by atoms with Crippen LogP contribution in [0, 0.1) is 11.8 Å². The van der Waals surface area contributed by atoms with Crippen molar-refractivity contribution in [2.24, 2.45) is 11.8 Å². The monoisotopic (exact) mass is 592 g/mol. The van der Waals surface area contributed by atoms with Crippen LogP contribution in [-0.4, -0.2) is 86.7 Å². The van der Waals surface area contributed by atoms with Gasteiger partial charge in [0.15, 0.2) is 17.8 Å². The number of benzene rings is 2. The highest BCUT2D eigenvalue weighted by atomic mass is 32.2. The van der Waals surface area contributed by atoms with Gasteiger partial charge in [0.1, 0.15) is 11.9 Å². The van der Waals surface area contributed by atoms with E-state index < -0.39 is 40.7 Å². The second kappa shape index (κ2) is 12.4. The molecule has 0 bridgehead atoms. The van der Waals surface area contributed by atoms with Crippen LogP contribution in [0.1, 0.15) is 25.8 Å². The van der Waals surface area contributed by atoms with Crippen LogP contribution in [0.4, 0.5) is 4.79 Å². The van der Waals surface area contributed by atoms with E-state index in [0.29, 0.717) is 24.5 Å². The lowest BCUT2D eigenvalue weighted by Gasteiger charge is -2.31. The number of carbonyl (C=O) groups is 1. The maximum atomic E-state index is 13.7. The number of fused-ring (bicyclic) bond motifs is 2. The van der Waals surface area contributed by atoms with Crippen molar-refractivity contribution >= 4 is 16.1 Å². The average molecular weight is 593 g/mol. The highest BCUT2D eigenvalue weighted by Gasteiger charge is 2.44. The van der Waals surface area contributed by atoms with Gasteiger partial charge in [0.05, 0.1) is 36.2 Å². The van der Waals surface area contributed by atoms with Crippen molar-refractivity contribution in [3.8, 4) is 17.2 Å². The van der Waals surface area contributed by atoms with Gasteiger partial charge in [-0.2, -0.15) is 4.31 Å². The van der Waals surface area contributed by atoms with Crippen molar-refractivity contribution in [2.75, 3.05) is 33.1 Å². The lowest BCUT2D eigenvalue weighted by Crippen LogP contribution is -2.51. The number of nitrogens with zero attached hydrogens (tertiary/aromatic N) is 1. The molecule has 0 unspecified atom stereocenters. The first-order valence-corrected chi connectivity index (χ1v) is 15.1. The van der Waals surface area contributed by atoms with Crippen LogP contribution in [0.2, 0.25) is 0 Å². The molecule has 5 atom stereocenters. The smallest absolute Gasteiger partial charge is 0.407 e. The van der Waals surface area contributed by atoms with Gasteiger partial charge in [-0.1, -0.05) is 26.0 Å². The van der Waals surface area contributed by atoms with Crippen LogP contribution < -0.4 is 14.8 Å². The molecule has 41 heavy (non-hydrogen) atoms. The van der Waals surface area contributed by atoms with Crippen LogP contribution in [0.3, 0.4) is 0 Å². The number of carbonyl (C=O) groups excluding carboxylic acids is 1. The van der Waals surface area contributed by atoms with Crippen LogP contribution in [-0.2, 0) is 30.7 Å². The Hall–Kier alpha value is -3.10. The summed E-state index contributed by atoms with van der Waals surface area (Å²) in [6.07, 6.45) is -2.06. The van der Waals surface area contributed by atoms with Gasteiger partial charge in [-0.25, -0.2) is 13.2 Å². The van der Waals surface area contributed by atoms with Gasteiger partial charge in [0, 0.05) is 19.2 Å². The van der Waals surface area contributed by atoms with Crippen LogP contribution in [0.25, 0.3) is 0 Å². The Morgan fingerprint density at radius 2 is 1.85 bits per heavy atom. The van der Waals surface area contributed by atoms with Gasteiger partial charge >= 0.3 is 6.09 Å². The number of alkyl carbamates (subject to hydrolysis) is 1. The summed E-state index contributed by atoms with van der Waals surface area (Å²) in [6.45, 7) is 4.35. The van der Waals surface area contributed by atoms with Crippen molar-refractivity contribution in [3.05, 3.63) is 48.0 Å². The Morgan fingerprint density at radius 3 is 2.61 bits per heavy atom. The lowest BCUT2D eigenvalue weighted by molar-refractivity contribution is -0.0907. The largest absolute Gasteiger partial charge is 0.508 e. The molecular formula is C28H36N2O10S. The molecule has 2 aromatic rings. The third kappa shape index (κ3) is 6.87. The number of amides is 1. The maximum absolute atomic E-state index is 13.7. The van der Waals surface area contributed by atoms with E-state index in [1.807, 2.05) is 13.8 Å². The molecular weight excluding hydrogens is 556 g/mol. The summed E-state index contributed by atoms with van der Waals surface area (Å²) in [6, 6.07) is 9.82. The van der Waals surface area contributed by atoms with Gasteiger partial charge in [0.2, 0.25) is 16.8 Å². The topological polar surface area (TPSA) is 153 Å². The van der Waals surface area contributed by atoms with E-state index in [9.17, 15) is 23.4 Å². The molecule has 224 valence electrons. The fourth-order valence-corrected chi connectivity index (χ4v) is 6.88. The number of sulfonamides is 1. The maximum Gasteiger partial charge on any atom is 0.407 e. The Balaban J connectivity index is 1.34. The predicted molar refractivity (Wildman–Crippen MR) is 145 cm³/mol. The van der Waals surface area contributed by atoms with E-state index >= 15 is 0 Å². The fourth-order valence-electron chi connectivity index (χ4n) is 5.24. The van der Waals surface area contributed by atoms with E-state index in [-0.39, 0.29) is 55.4 Å². The van der Waals surface area contributed by atoms with Crippen molar-refractivity contribution in [3.63, 3.8) is 0 Å². The number of hydrogen-bond donors (Lipinski definition) is 3. The van der Waals surface area contributed by atoms with Crippen molar-refractivity contribution in [2.45, 2.75) is 56.1 Å². The molecule has 0 radical (unpaired) electrons. The molecule has 12 nitrogen and oxygen atoms in total. The van der Waals surface area contributed by atoms with Crippen LogP contribution in [0.15, 0.2) is 47.4 Å². The summed E-state index contributed by atoms with van der Waals surface area (Å²) in [5.41, 5.74) is 0.717. The SMILES string of the molecule is CC(C)CN(C[C@@H](O)[C@H](Cc1ccc(O)cc1)NC(=O)O[C@@H]1CO[C@H]2OCC[C@H]21)S(=O)(=O)c1ccc2c(c1)OCO2. The number of phenolic OH excluding ortho intramolecular Hbond substituents is 1. The minimum Gasteiger partial charge on any atom is -0.508 e. The Morgan fingerprint density at radius 1 is 1.10 bits per heavy atom. The van der Waals surface area contributed by atoms with Gasteiger partial charge in [-0.05, 0) is 48.6 Å². The third-order valence-corrected chi connectivity index (χ3v) is 9.17. The number of ether oxygens (including phenoxy) is 5. The Bertz CT molecular complexity index is 1320. The lowest BCUT2D eigenvalue weighted by atomic mass is 10.0. The molecule has 13 heteroatoms. The zero-order chi connectivity index (χ0) is 29.1. The first kappa shape index (κ1) is 29.4. The molecule has 3 N–H and O–H groups in total. The number of aliphatic hydroxyl groups is 1. The molecule has 3 aliphatic rings. The molecule has 0 aromatic heterocycles. The molecule has 2 aromatic carbocycles. The first-order valence-electron chi connectivity index (χ1n) is 13.7. The normalized spacial score (nSPS) is 23.0. The zero-order valence-corrected chi connectivity index (χ0v) is 23.8. The number of nitrogens with one attached hydrogen (secondary N) is 1. The molecule has 3 aliphatic heterocycles. The summed E-state index contributed by atoms with van der Waals surface area (Å²) < 4.78 is 56.0. The van der Waals surface area contributed by atoms with Gasteiger partial charge in [-0.3, -0.25) is 0 Å². The van der Waals surface area contributed by atoms with E-state index in [2.05, 4.69) is 5.32 Å². The minimum atomic E-state index is -4.05. The second-order valence-electron chi connectivity index (χ2n) is 10.9. The van der Waals surface area contributed by atoms with Gasteiger partial charge < -0.3 is 39.2 Å². The quantitative estimate of drug-likeness (QED) is 0.354. The van der Waals surface area contributed by atoms with E-state index in [1.54, 1.807) is 12.1 Å². The van der Waals surface area contributed by atoms with Crippen molar-refractivity contribution in [1.82, 2.24) is 9.62 Å². The Labute approximate surface area is 239 Å². The molecule has 0 spiro atoms. The number of aromatic hydroxyl groups is 1. The molecule has 1 amide bonds.